The standard InChI is InChI=1S/C28H20N6O4/c35-26-19-9-5-4-8-17(19)14-22(30-26)25-24(18-10-11-21(28(36)37)29-15-18)20(31-33-25)12-13-23-32-34-27(38-23)16-6-2-1-3-7-16/h1-13,15,22H,14H2,(H,30,35)(H,31,33)(H,36,37)/b13-12+. The van der Waals surface area contributed by atoms with E-state index in [-0.39, 0.29) is 17.6 Å². The number of aromatic nitrogens is 5. The van der Waals surface area contributed by atoms with E-state index in [1.54, 1.807) is 24.3 Å². The number of carbonyl (C=O) groups is 2. The highest BCUT2D eigenvalue weighted by Gasteiger charge is 2.29. The molecule has 0 saturated heterocycles. The summed E-state index contributed by atoms with van der Waals surface area (Å²) in [5.74, 6) is -0.608. The number of hydrogen-bond acceptors (Lipinski definition) is 7. The summed E-state index contributed by atoms with van der Waals surface area (Å²) in [5, 5.41) is 28.1. The van der Waals surface area contributed by atoms with Crippen molar-refractivity contribution in [2.75, 3.05) is 0 Å². The van der Waals surface area contributed by atoms with Gasteiger partial charge in [-0.2, -0.15) is 5.10 Å². The third-order valence-corrected chi connectivity index (χ3v) is 6.28. The highest BCUT2D eigenvalue weighted by atomic mass is 16.4. The number of aromatic carboxylic acids is 1. The summed E-state index contributed by atoms with van der Waals surface area (Å²) in [4.78, 5) is 28.2. The van der Waals surface area contributed by atoms with Gasteiger partial charge in [0.05, 0.1) is 17.4 Å². The monoisotopic (exact) mass is 504 g/mol. The Labute approximate surface area is 216 Å². The number of nitrogens with one attached hydrogen (secondary N) is 2. The first-order chi connectivity index (χ1) is 18.6. The van der Waals surface area contributed by atoms with Crippen LogP contribution in [0.1, 0.15) is 49.7 Å². The van der Waals surface area contributed by atoms with E-state index in [0.717, 1.165) is 11.1 Å². The number of benzene rings is 2. The molecule has 0 fully saturated rings. The summed E-state index contributed by atoms with van der Waals surface area (Å²) in [6.07, 6.45) is 5.41. The summed E-state index contributed by atoms with van der Waals surface area (Å²) in [5.41, 5.74) is 4.83. The van der Waals surface area contributed by atoms with Crippen molar-refractivity contribution in [2.45, 2.75) is 12.5 Å². The molecule has 1 unspecified atom stereocenters. The van der Waals surface area contributed by atoms with E-state index in [1.807, 2.05) is 48.5 Å². The Morgan fingerprint density at radius 1 is 0.974 bits per heavy atom. The van der Waals surface area contributed by atoms with Crippen LogP contribution in [-0.4, -0.2) is 42.4 Å². The van der Waals surface area contributed by atoms with Crippen molar-refractivity contribution in [3.8, 4) is 22.6 Å². The lowest BCUT2D eigenvalue weighted by atomic mass is 9.90. The normalized spacial score (nSPS) is 14.8. The molecule has 4 heterocycles. The molecule has 0 bridgehead atoms. The number of hydrogen-bond donors (Lipinski definition) is 3. The molecule has 0 aliphatic carbocycles. The summed E-state index contributed by atoms with van der Waals surface area (Å²) in [7, 11) is 0. The first kappa shape index (κ1) is 23.0. The van der Waals surface area contributed by atoms with E-state index < -0.39 is 5.97 Å². The van der Waals surface area contributed by atoms with Crippen molar-refractivity contribution in [2.24, 2.45) is 0 Å². The van der Waals surface area contributed by atoms with Gasteiger partial charge in [0.15, 0.2) is 0 Å². The van der Waals surface area contributed by atoms with Gasteiger partial charge in [0.25, 0.3) is 5.91 Å². The first-order valence-corrected chi connectivity index (χ1v) is 11.8. The average Bonchev–Trinajstić information content (AvgIpc) is 3.60. The van der Waals surface area contributed by atoms with Crippen molar-refractivity contribution in [1.29, 1.82) is 0 Å². The van der Waals surface area contributed by atoms with Crippen LogP contribution in [0.5, 0.6) is 0 Å². The maximum absolute atomic E-state index is 12.8. The van der Waals surface area contributed by atoms with Gasteiger partial charge < -0.3 is 14.8 Å². The van der Waals surface area contributed by atoms with Crippen LogP contribution in [0.25, 0.3) is 34.7 Å². The largest absolute Gasteiger partial charge is 0.477 e. The minimum absolute atomic E-state index is 0.0740. The number of rotatable bonds is 6. The number of aromatic amines is 1. The Balaban J connectivity index is 1.38. The Morgan fingerprint density at radius 3 is 2.58 bits per heavy atom. The van der Waals surface area contributed by atoms with Gasteiger partial charge in [-0.15, -0.1) is 10.2 Å². The lowest BCUT2D eigenvalue weighted by molar-refractivity contribution is 0.0690. The second-order valence-corrected chi connectivity index (χ2v) is 8.67. The molecule has 5 aromatic rings. The maximum atomic E-state index is 12.8. The number of carboxylic acid groups (broad SMARTS) is 1. The molecule has 6 rings (SSSR count). The molecule has 0 radical (unpaired) electrons. The van der Waals surface area contributed by atoms with Crippen LogP contribution >= 0.6 is 0 Å². The molecule has 1 atom stereocenters. The molecule has 2 aromatic carbocycles. The molecule has 186 valence electrons. The average molecular weight is 505 g/mol. The Kier molecular flexibility index (Phi) is 5.81. The number of amides is 1. The predicted molar refractivity (Wildman–Crippen MR) is 138 cm³/mol. The van der Waals surface area contributed by atoms with Crippen molar-refractivity contribution < 1.29 is 19.1 Å². The molecule has 38 heavy (non-hydrogen) atoms. The molecule has 10 heteroatoms. The van der Waals surface area contributed by atoms with E-state index in [9.17, 15) is 14.7 Å². The van der Waals surface area contributed by atoms with Crippen molar-refractivity contribution >= 4 is 24.0 Å². The molecule has 0 spiro atoms. The van der Waals surface area contributed by atoms with Gasteiger partial charge in [-0.25, -0.2) is 9.78 Å². The van der Waals surface area contributed by atoms with Gasteiger partial charge in [0.1, 0.15) is 5.69 Å². The fourth-order valence-corrected chi connectivity index (χ4v) is 4.47. The topological polar surface area (TPSA) is 147 Å². The number of carbonyl (C=O) groups excluding carboxylic acids is 1. The van der Waals surface area contributed by atoms with Crippen LogP contribution in [0.15, 0.2) is 77.3 Å². The van der Waals surface area contributed by atoms with Gasteiger partial charge in [-0.3, -0.25) is 9.89 Å². The van der Waals surface area contributed by atoms with Crippen LogP contribution in [0.2, 0.25) is 0 Å². The van der Waals surface area contributed by atoms with Gasteiger partial charge in [-0.1, -0.05) is 42.5 Å². The molecule has 3 N–H and O–H groups in total. The zero-order valence-electron chi connectivity index (χ0n) is 19.8. The molecular weight excluding hydrogens is 484 g/mol. The number of H-pyrrole nitrogens is 1. The second kappa shape index (κ2) is 9.58. The Morgan fingerprint density at radius 2 is 1.79 bits per heavy atom. The zero-order valence-corrected chi connectivity index (χ0v) is 19.8. The minimum atomic E-state index is -1.12. The van der Waals surface area contributed by atoms with E-state index in [2.05, 4.69) is 30.7 Å². The molecule has 3 aromatic heterocycles. The Bertz CT molecular complexity index is 1670. The predicted octanol–water partition coefficient (Wildman–Crippen LogP) is 4.42. The van der Waals surface area contributed by atoms with Crippen LogP contribution in [0.4, 0.5) is 0 Å². The Hall–Kier alpha value is -5.38. The third kappa shape index (κ3) is 4.35. The molecule has 1 aliphatic rings. The highest BCUT2D eigenvalue weighted by Crippen LogP contribution is 2.34. The van der Waals surface area contributed by atoms with Gasteiger partial charge in [-0.05, 0) is 42.3 Å². The molecular formula is C28H20N6O4. The SMILES string of the molecule is O=C(O)c1ccc(-c2c(/C=C/c3nnc(-c4ccccc4)o3)n[nH]c2C2Cc3ccccc3C(=O)N2)cn1. The summed E-state index contributed by atoms with van der Waals surface area (Å²) < 4.78 is 5.77. The van der Waals surface area contributed by atoms with E-state index in [1.165, 1.54) is 12.3 Å². The first-order valence-electron chi connectivity index (χ1n) is 11.8. The van der Waals surface area contributed by atoms with Crippen molar-refractivity contribution in [1.82, 2.24) is 30.7 Å². The van der Waals surface area contributed by atoms with Crippen molar-refractivity contribution in [3.05, 3.63) is 107 Å². The van der Waals surface area contributed by atoms with Gasteiger partial charge in [0, 0.05) is 34.5 Å². The number of fused-ring (bicyclic) bond motifs is 1. The highest BCUT2D eigenvalue weighted by molar-refractivity contribution is 5.97. The molecule has 1 aliphatic heterocycles. The fraction of sp³-hybridized carbons (Fsp3) is 0.0714. The van der Waals surface area contributed by atoms with Crippen LogP contribution < -0.4 is 5.32 Å². The van der Waals surface area contributed by atoms with E-state index in [0.29, 0.717) is 46.3 Å². The van der Waals surface area contributed by atoms with Gasteiger partial charge >= 0.3 is 5.97 Å². The summed E-state index contributed by atoms with van der Waals surface area (Å²) in [6.45, 7) is 0. The number of carboxylic acids is 1. The lowest BCUT2D eigenvalue weighted by Gasteiger charge is -2.25. The summed E-state index contributed by atoms with van der Waals surface area (Å²) in [6, 6.07) is 19.6. The van der Waals surface area contributed by atoms with E-state index >= 15 is 0 Å². The zero-order chi connectivity index (χ0) is 26.1. The summed E-state index contributed by atoms with van der Waals surface area (Å²) >= 11 is 0. The quantitative estimate of drug-likeness (QED) is 0.308. The smallest absolute Gasteiger partial charge is 0.354 e. The van der Waals surface area contributed by atoms with Crippen LogP contribution in [0, 0.1) is 0 Å². The van der Waals surface area contributed by atoms with Crippen LogP contribution in [0.3, 0.4) is 0 Å². The molecule has 0 saturated carbocycles. The number of pyridine rings is 1. The third-order valence-electron chi connectivity index (χ3n) is 6.28. The maximum Gasteiger partial charge on any atom is 0.354 e. The van der Waals surface area contributed by atoms with Crippen LogP contribution in [-0.2, 0) is 6.42 Å². The molecule has 10 nitrogen and oxygen atoms in total. The molecule has 1 amide bonds. The van der Waals surface area contributed by atoms with Crippen molar-refractivity contribution in [3.63, 3.8) is 0 Å². The number of nitrogens with zero attached hydrogens (tertiary/aromatic N) is 4. The van der Waals surface area contributed by atoms with E-state index in [4.69, 9.17) is 4.42 Å². The fourth-order valence-electron chi connectivity index (χ4n) is 4.47. The second-order valence-electron chi connectivity index (χ2n) is 8.67. The minimum Gasteiger partial charge on any atom is -0.477 e. The van der Waals surface area contributed by atoms with Gasteiger partial charge in [0.2, 0.25) is 11.8 Å². The lowest BCUT2D eigenvalue weighted by Crippen LogP contribution is -2.35.